The molecular weight excluding hydrogens is 236 g/mol. The second-order valence-corrected chi connectivity index (χ2v) is 5.58. The molecule has 0 saturated carbocycles. The lowest BCUT2D eigenvalue weighted by Gasteiger charge is -2.16. The summed E-state index contributed by atoms with van der Waals surface area (Å²) < 4.78 is 0. The molecule has 0 bridgehead atoms. The summed E-state index contributed by atoms with van der Waals surface area (Å²) in [6, 6.07) is 0. The van der Waals surface area contributed by atoms with E-state index in [-0.39, 0.29) is 0 Å². The number of nitrogens with zero attached hydrogens (tertiary/aromatic N) is 2. The van der Waals surface area contributed by atoms with Crippen molar-refractivity contribution in [1.82, 2.24) is 9.80 Å². The van der Waals surface area contributed by atoms with Crippen LogP contribution in [-0.4, -0.2) is 49.4 Å². The molecule has 0 spiro atoms. The van der Waals surface area contributed by atoms with Gasteiger partial charge in [-0.1, -0.05) is 39.5 Å². The van der Waals surface area contributed by atoms with Crippen molar-refractivity contribution in [2.45, 2.75) is 65.2 Å². The lowest BCUT2D eigenvalue weighted by atomic mass is 10.1. The molecule has 19 heavy (non-hydrogen) atoms. The van der Waals surface area contributed by atoms with Gasteiger partial charge in [-0.15, -0.1) is 0 Å². The Hall–Kier alpha value is -0.570. The third kappa shape index (κ3) is 11.0. The zero-order valence-corrected chi connectivity index (χ0v) is 13.6. The Morgan fingerprint density at radius 3 is 2.11 bits per heavy atom. The Balaban J connectivity index is 3.36. The van der Waals surface area contributed by atoms with E-state index in [1.54, 1.807) is 0 Å². The van der Waals surface area contributed by atoms with E-state index in [9.17, 15) is 4.79 Å². The summed E-state index contributed by atoms with van der Waals surface area (Å²) >= 11 is 0. The van der Waals surface area contributed by atoms with Crippen LogP contribution in [0.3, 0.4) is 0 Å². The summed E-state index contributed by atoms with van der Waals surface area (Å²) in [6.07, 6.45) is 9.11. The average Bonchev–Trinajstić information content (AvgIpc) is 2.42. The molecule has 3 heteroatoms. The van der Waals surface area contributed by atoms with Crippen molar-refractivity contribution in [3.8, 4) is 0 Å². The van der Waals surface area contributed by atoms with E-state index in [1.165, 1.54) is 32.2 Å². The molecule has 0 rings (SSSR count). The Labute approximate surface area is 120 Å². The van der Waals surface area contributed by atoms with E-state index < -0.39 is 0 Å². The highest BCUT2D eigenvalue weighted by molar-refractivity contribution is 5.75. The van der Waals surface area contributed by atoms with Gasteiger partial charge < -0.3 is 9.80 Å². The van der Waals surface area contributed by atoms with E-state index in [0.29, 0.717) is 5.91 Å². The lowest BCUT2D eigenvalue weighted by Crippen LogP contribution is -2.27. The Bertz CT molecular complexity index is 219. The molecule has 0 aromatic rings. The van der Waals surface area contributed by atoms with Crippen molar-refractivity contribution in [2.75, 3.05) is 33.7 Å². The van der Waals surface area contributed by atoms with Gasteiger partial charge in [0.05, 0.1) is 0 Å². The molecule has 0 radical (unpaired) electrons. The molecule has 0 saturated heterocycles. The van der Waals surface area contributed by atoms with Crippen LogP contribution in [0.1, 0.15) is 65.2 Å². The monoisotopic (exact) mass is 270 g/mol. The van der Waals surface area contributed by atoms with Crippen LogP contribution in [0.25, 0.3) is 0 Å². The average molecular weight is 270 g/mol. The first-order valence-corrected chi connectivity index (χ1v) is 8.04. The minimum Gasteiger partial charge on any atom is -0.346 e. The second-order valence-electron chi connectivity index (χ2n) is 5.58. The molecule has 0 aliphatic heterocycles. The first-order chi connectivity index (χ1) is 9.11. The maximum Gasteiger partial charge on any atom is 0.222 e. The van der Waals surface area contributed by atoms with Gasteiger partial charge in [-0.05, 0) is 39.4 Å². The summed E-state index contributed by atoms with van der Waals surface area (Å²) in [7, 11) is 4.10. The summed E-state index contributed by atoms with van der Waals surface area (Å²) in [5, 5.41) is 0. The topological polar surface area (TPSA) is 23.6 Å². The van der Waals surface area contributed by atoms with Gasteiger partial charge in [-0.3, -0.25) is 4.79 Å². The summed E-state index contributed by atoms with van der Waals surface area (Å²) in [5.74, 6) is 0.319. The van der Waals surface area contributed by atoms with Crippen LogP contribution in [0.5, 0.6) is 0 Å². The summed E-state index contributed by atoms with van der Waals surface area (Å²) in [6.45, 7) is 7.61. The number of amides is 1. The second kappa shape index (κ2) is 12.5. The normalized spacial score (nSPS) is 11.0. The lowest BCUT2D eigenvalue weighted by molar-refractivity contribution is -0.130. The Morgan fingerprint density at radius 1 is 0.842 bits per heavy atom. The molecule has 114 valence electrons. The first kappa shape index (κ1) is 18.4. The summed E-state index contributed by atoms with van der Waals surface area (Å²) in [4.78, 5) is 16.0. The SMILES string of the molecule is CCCCN(C)C(=O)CCCCCCCN(C)CC. The number of hydrogen-bond acceptors (Lipinski definition) is 2. The van der Waals surface area contributed by atoms with E-state index in [1.807, 2.05) is 11.9 Å². The maximum atomic E-state index is 11.8. The molecule has 0 N–H and O–H groups in total. The van der Waals surface area contributed by atoms with Gasteiger partial charge in [-0.2, -0.15) is 0 Å². The predicted octanol–water partition coefficient (Wildman–Crippen LogP) is 3.54. The van der Waals surface area contributed by atoms with Crippen molar-refractivity contribution < 1.29 is 4.79 Å². The van der Waals surface area contributed by atoms with Crippen molar-refractivity contribution >= 4 is 5.91 Å². The van der Waals surface area contributed by atoms with Crippen LogP contribution in [0.4, 0.5) is 0 Å². The zero-order chi connectivity index (χ0) is 14.5. The zero-order valence-electron chi connectivity index (χ0n) is 13.6. The standard InChI is InChI=1S/C16H34N2O/c1-5-7-15-18(4)16(19)13-11-9-8-10-12-14-17(3)6-2/h5-15H2,1-4H3. The molecule has 3 nitrogen and oxygen atoms in total. The molecule has 0 atom stereocenters. The fourth-order valence-electron chi connectivity index (χ4n) is 2.06. The quantitative estimate of drug-likeness (QED) is 0.506. The molecule has 0 aliphatic carbocycles. The van der Waals surface area contributed by atoms with Crippen LogP contribution >= 0.6 is 0 Å². The van der Waals surface area contributed by atoms with Crippen molar-refractivity contribution in [3.63, 3.8) is 0 Å². The number of unbranched alkanes of at least 4 members (excludes halogenated alkanes) is 5. The van der Waals surface area contributed by atoms with Gasteiger partial charge in [0, 0.05) is 20.0 Å². The van der Waals surface area contributed by atoms with E-state index in [0.717, 1.165) is 38.8 Å². The molecule has 0 unspecified atom stereocenters. The van der Waals surface area contributed by atoms with Crippen molar-refractivity contribution in [3.05, 3.63) is 0 Å². The number of carbonyl (C=O) groups is 1. The highest BCUT2D eigenvalue weighted by Gasteiger charge is 2.06. The van der Waals surface area contributed by atoms with Crippen LogP contribution in [0.15, 0.2) is 0 Å². The van der Waals surface area contributed by atoms with E-state index >= 15 is 0 Å². The van der Waals surface area contributed by atoms with Crippen molar-refractivity contribution in [1.29, 1.82) is 0 Å². The third-order valence-electron chi connectivity index (χ3n) is 3.74. The number of hydrogen-bond donors (Lipinski definition) is 0. The fraction of sp³-hybridized carbons (Fsp3) is 0.938. The van der Waals surface area contributed by atoms with Gasteiger partial charge in [0.2, 0.25) is 5.91 Å². The predicted molar refractivity (Wildman–Crippen MR) is 83.4 cm³/mol. The Kier molecular flexibility index (Phi) is 12.1. The van der Waals surface area contributed by atoms with Crippen LogP contribution < -0.4 is 0 Å². The highest BCUT2D eigenvalue weighted by Crippen LogP contribution is 2.07. The third-order valence-corrected chi connectivity index (χ3v) is 3.74. The molecule has 0 aliphatic rings. The number of rotatable bonds is 12. The molecule has 1 amide bonds. The van der Waals surface area contributed by atoms with Crippen LogP contribution in [0.2, 0.25) is 0 Å². The largest absolute Gasteiger partial charge is 0.346 e. The molecule has 0 aromatic carbocycles. The molecule has 0 aromatic heterocycles. The Morgan fingerprint density at radius 2 is 1.47 bits per heavy atom. The first-order valence-electron chi connectivity index (χ1n) is 8.04. The van der Waals surface area contributed by atoms with Crippen LogP contribution in [-0.2, 0) is 4.79 Å². The van der Waals surface area contributed by atoms with E-state index in [4.69, 9.17) is 0 Å². The van der Waals surface area contributed by atoms with Crippen LogP contribution in [0, 0.1) is 0 Å². The smallest absolute Gasteiger partial charge is 0.222 e. The van der Waals surface area contributed by atoms with Gasteiger partial charge in [0.1, 0.15) is 0 Å². The van der Waals surface area contributed by atoms with Gasteiger partial charge in [0.15, 0.2) is 0 Å². The van der Waals surface area contributed by atoms with Gasteiger partial charge in [-0.25, -0.2) is 0 Å². The minimum absolute atomic E-state index is 0.319. The molecule has 0 fully saturated rings. The number of carbonyl (C=O) groups excluding carboxylic acids is 1. The highest BCUT2D eigenvalue weighted by atomic mass is 16.2. The van der Waals surface area contributed by atoms with Crippen molar-refractivity contribution in [2.24, 2.45) is 0 Å². The molecule has 0 heterocycles. The molecular formula is C16H34N2O. The summed E-state index contributed by atoms with van der Waals surface area (Å²) in [5.41, 5.74) is 0. The maximum absolute atomic E-state index is 11.8. The van der Waals surface area contributed by atoms with Gasteiger partial charge in [0.25, 0.3) is 0 Å². The van der Waals surface area contributed by atoms with Gasteiger partial charge >= 0.3 is 0 Å². The fourth-order valence-corrected chi connectivity index (χ4v) is 2.06. The van der Waals surface area contributed by atoms with E-state index in [2.05, 4.69) is 25.8 Å². The minimum atomic E-state index is 0.319.